The van der Waals surface area contributed by atoms with Gasteiger partial charge >= 0.3 is 6.11 Å². The first-order chi connectivity index (χ1) is 15.1. The van der Waals surface area contributed by atoms with Gasteiger partial charge in [0.25, 0.3) is 5.56 Å². The Kier molecular flexibility index (Phi) is 5.02. The molecule has 12 heteroatoms. The summed E-state index contributed by atoms with van der Waals surface area (Å²) < 4.78 is 60.1. The highest BCUT2D eigenvalue weighted by Crippen LogP contribution is 2.43. The standard InChI is InChI=1S/C20H23F4N5O3/c21-19(22)5-3-11(4-6-19)29-16-14(9-25-29)17(30)27-15(26-16)12-1-2-13(12)18(31)28-7-8-32-20(23,24)10-28/h9,11-13H,1-8,10H2,(H,26,27,30). The fraction of sp³-hybridized carbons (Fsp3) is 0.700. The SMILES string of the molecule is O=C(C1CCC1c1nc2c(cnn2C2CCC(F)(F)CC2)c(=O)[nH]1)N1CCOC(F)(F)C1. The number of aromatic nitrogens is 4. The maximum absolute atomic E-state index is 13.6. The third-order valence-electron chi connectivity index (χ3n) is 6.82. The smallest absolute Gasteiger partial charge is 0.331 e. The normalized spacial score (nSPS) is 27.9. The second-order valence-corrected chi connectivity index (χ2v) is 8.90. The average molecular weight is 457 g/mol. The molecule has 2 aromatic heterocycles. The van der Waals surface area contributed by atoms with Crippen molar-refractivity contribution in [2.75, 3.05) is 19.7 Å². The van der Waals surface area contributed by atoms with E-state index in [4.69, 9.17) is 0 Å². The molecule has 2 atom stereocenters. The van der Waals surface area contributed by atoms with E-state index in [1.807, 2.05) is 0 Å². The van der Waals surface area contributed by atoms with Crippen LogP contribution in [0.15, 0.2) is 11.0 Å². The summed E-state index contributed by atoms with van der Waals surface area (Å²) in [6, 6.07) is -0.288. The zero-order chi connectivity index (χ0) is 22.7. The molecule has 1 aliphatic heterocycles. The van der Waals surface area contributed by atoms with E-state index in [-0.39, 0.29) is 50.3 Å². The summed E-state index contributed by atoms with van der Waals surface area (Å²) in [7, 11) is 0. The number of ether oxygens (including phenoxy) is 1. The van der Waals surface area contributed by atoms with Gasteiger partial charge in [0.05, 0.1) is 18.8 Å². The summed E-state index contributed by atoms with van der Waals surface area (Å²) in [4.78, 5) is 33.8. The predicted molar refractivity (Wildman–Crippen MR) is 104 cm³/mol. The number of amides is 1. The first-order valence-corrected chi connectivity index (χ1v) is 10.8. The highest BCUT2D eigenvalue weighted by molar-refractivity contribution is 5.81. The van der Waals surface area contributed by atoms with Crippen molar-refractivity contribution in [2.45, 2.75) is 62.5 Å². The third-order valence-corrected chi connectivity index (χ3v) is 6.82. The van der Waals surface area contributed by atoms with Gasteiger partial charge in [-0.3, -0.25) is 9.59 Å². The van der Waals surface area contributed by atoms with Gasteiger partial charge in [-0.25, -0.2) is 18.4 Å². The molecule has 2 saturated carbocycles. The van der Waals surface area contributed by atoms with Gasteiger partial charge in [0.15, 0.2) is 5.65 Å². The zero-order valence-electron chi connectivity index (χ0n) is 17.2. The molecule has 1 N–H and O–H groups in total. The Balaban J connectivity index is 1.40. The second kappa shape index (κ2) is 7.53. The fourth-order valence-corrected chi connectivity index (χ4v) is 4.86. The second-order valence-electron chi connectivity index (χ2n) is 8.90. The van der Waals surface area contributed by atoms with Crippen molar-refractivity contribution in [2.24, 2.45) is 5.92 Å². The van der Waals surface area contributed by atoms with Gasteiger partial charge in [-0.1, -0.05) is 0 Å². The van der Waals surface area contributed by atoms with Crippen LogP contribution < -0.4 is 5.56 Å². The Labute approximate surface area is 179 Å². The number of hydrogen-bond acceptors (Lipinski definition) is 5. The molecule has 3 aliphatic rings. The molecule has 8 nitrogen and oxygen atoms in total. The highest BCUT2D eigenvalue weighted by atomic mass is 19.3. The number of nitrogens with one attached hydrogen (secondary N) is 1. The first kappa shape index (κ1) is 21.4. The minimum absolute atomic E-state index is 0.0830. The van der Waals surface area contributed by atoms with Crippen molar-refractivity contribution in [3.63, 3.8) is 0 Å². The number of nitrogens with zero attached hydrogens (tertiary/aromatic N) is 4. The largest absolute Gasteiger partial charge is 0.373 e. The van der Waals surface area contributed by atoms with Crippen molar-refractivity contribution in [1.29, 1.82) is 0 Å². The number of carbonyl (C=O) groups excluding carboxylic acids is 1. The van der Waals surface area contributed by atoms with Gasteiger partial charge in [0, 0.05) is 31.2 Å². The number of hydrogen-bond donors (Lipinski definition) is 1. The number of halogens is 4. The van der Waals surface area contributed by atoms with Gasteiger partial charge < -0.3 is 14.6 Å². The molecule has 0 aromatic carbocycles. The number of H-pyrrole nitrogens is 1. The molecule has 1 saturated heterocycles. The van der Waals surface area contributed by atoms with Crippen LogP contribution in [0.5, 0.6) is 0 Å². The Morgan fingerprint density at radius 3 is 2.56 bits per heavy atom. The van der Waals surface area contributed by atoms with E-state index < -0.39 is 41.9 Å². The number of rotatable bonds is 3. The molecule has 3 heterocycles. The van der Waals surface area contributed by atoms with Gasteiger partial charge in [-0.2, -0.15) is 13.9 Å². The van der Waals surface area contributed by atoms with Crippen LogP contribution in [0.2, 0.25) is 0 Å². The van der Waals surface area contributed by atoms with Crippen LogP contribution in [0.4, 0.5) is 17.6 Å². The van der Waals surface area contributed by atoms with Crippen molar-refractivity contribution in [3.8, 4) is 0 Å². The van der Waals surface area contributed by atoms with Crippen LogP contribution >= 0.6 is 0 Å². The highest BCUT2D eigenvalue weighted by Gasteiger charge is 2.46. The lowest BCUT2D eigenvalue weighted by Crippen LogP contribution is -2.53. The summed E-state index contributed by atoms with van der Waals surface area (Å²) in [5.74, 6) is -3.76. The summed E-state index contributed by atoms with van der Waals surface area (Å²) in [5, 5.41) is 4.48. The fourth-order valence-electron chi connectivity index (χ4n) is 4.86. The molecule has 0 bridgehead atoms. The van der Waals surface area contributed by atoms with Crippen LogP contribution in [0.1, 0.15) is 56.3 Å². The summed E-state index contributed by atoms with van der Waals surface area (Å²) in [6.07, 6.45) is -0.969. The van der Waals surface area contributed by atoms with Crippen molar-refractivity contribution < 1.29 is 27.1 Å². The van der Waals surface area contributed by atoms with Crippen LogP contribution in [0.25, 0.3) is 11.0 Å². The molecule has 1 amide bonds. The molecule has 2 aliphatic carbocycles. The predicted octanol–water partition coefficient (Wildman–Crippen LogP) is 2.82. The van der Waals surface area contributed by atoms with Crippen molar-refractivity contribution in [1.82, 2.24) is 24.6 Å². The number of aromatic amines is 1. The van der Waals surface area contributed by atoms with Gasteiger partial charge in [0.2, 0.25) is 11.8 Å². The topological polar surface area (TPSA) is 93.1 Å². The van der Waals surface area contributed by atoms with Crippen molar-refractivity contribution >= 4 is 16.9 Å². The van der Waals surface area contributed by atoms with E-state index in [9.17, 15) is 27.2 Å². The lowest BCUT2D eigenvalue weighted by Gasteiger charge is -2.40. The molecule has 0 radical (unpaired) electrons. The van der Waals surface area contributed by atoms with Gasteiger partial charge in [0.1, 0.15) is 17.8 Å². The Hall–Kier alpha value is -2.50. The quantitative estimate of drug-likeness (QED) is 0.716. The van der Waals surface area contributed by atoms with E-state index in [0.717, 1.165) is 4.90 Å². The average Bonchev–Trinajstić information content (AvgIpc) is 3.11. The van der Waals surface area contributed by atoms with Crippen LogP contribution in [-0.4, -0.2) is 62.3 Å². The van der Waals surface area contributed by atoms with Gasteiger partial charge in [-0.15, -0.1) is 0 Å². The van der Waals surface area contributed by atoms with Crippen molar-refractivity contribution in [3.05, 3.63) is 22.4 Å². The molecule has 174 valence electrons. The molecule has 3 fully saturated rings. The number of carbonyl (C=O) groups is 1. The minimum atomic E-state index is -3.37. The Morgan fingerprint density at radius 1 is 1.16 bits per heavy atom. The van der Waals surface area contributed by atoms with E-state index in [1.54, 1.807) is 0 Å². The van der Waals surface area contributed by atoms with E-state index in [0.29, 0.717) is 24.3 Å². The third kappa shape index (κ3) is 3.78. The molecular weight excluding hydrogens is 434 g/mol. The molecule has 0 spiro atoms. The van der Waals surface area contributed by atoms with Gasteiger partial charge in [-0.05, 0) is 25.7 Å². The van der Waals surface area contributed by atoms with E-state index >= 15 is 0 Å². The van der Waals surface area contributed by atoms with E-state index in [1.165, 1.54) is 10.9 Å². The molecule has 2 unspecified atom stereocenters. The zero-order valence-corrected chi connectivity index (χ0v) is 17.2. The first-order valence-electron chi connectivity index (χ1n) is 10.8. The Bertz CT molecular complexity index is 1090. The Morgan fingerprint density at radius 2 is 1.91 bits per heavy atom. The lowest BCUT2D eigenvalue weighted by atomic mass is 9.72. The maximum atomic E-state index is 13.6. The van der Waals surface area contributed by atoms with Crippen LogP contribution in [-0.2, 0) is 9.53 Å². The molecule has 2 aromatic rings. The summed E-state index contributed by atoms with van der Waals surface area (Å²) in [6.45, 7) is -0.951. The van der Waals surface area contributed by atoms with E-state index in [2.05, 4.69) is 19.8 Å². The number of fused-ring (bicyclic) bond motifs is 1. The lowest BCUT2D eigenvalue weighted by molar-refractivity contribution is -0.268. The monoisotopic (exact) mass is 457 g/mol. The van der Waals surface area contributed by atoms with Crippen LogP contribution in [0, 0.1) is 5.92 Å². The van der Waals surface area contributed by atoms with Crippen LogP contribution in [0.3, 0.4) is 0 Å². The number of morpholine rings is 1. The summed E-state index contributed by atoms with van der Waals surface area (Å²) in [5.41, 5.74) is -0.122. The maximum Gasteiger partial charge on any atom is 0.373 e. The summed E-state index contributed by atoms with van der Waals surface area (Å²) >= 11 is 0. The minimum Gasteiger partial charge on any atom is -0.331 e. The molecular formula is C20H23F4N5O3. The number of alkyl halides is 4. The molecule has 5 rings (SSSR count). The molecule has 32 heavy (non-hydrogen) atoms.